The highest BCUT2D eigenvalue weighted by Crippen LogP contribution is 2.42. The molecule has 0 radical (unpaired) electrons. The number of carbonyl (C=O) groups excluding carboxylic acids is 1. The second kappa shape index (κ2) is 9.25. The van der Waals surface area contributed by atoms with E-state index in [9.17, 15) is 15.0 Å². The average Bonchev–Trinajstić information content (AvgIpc) is 3.36. The topological polar surface area (TPSA) is 111 Å². The molecular weight excluding hydrogens is 528 g/mol. The molecule has 0 aliphatic carbocycles. The van der Waals surface area contributed by atoms with Gasteiger partial charge in [-0.05, 0) is 51.1 Å². The Labute approximate surface area is 216 Å². The molecule has 0 saturated carbocycles. The molecule has 36 heavy (non-hydrogen) atoms. The molecule has 188 valence electrons. The van der Waals surface area contributed by atoms with Crippen LogP contribution in [0.15, 0.2) is 49.5 Å². The maximum atomic E-state index is 12.4. The fourth-order valence-electron chi connectivity index (χ4n) is 4.29. The molecule has 1 fully saturated rings. The van der Waals surface area contributed by atoms with Crippen molar-refractivity contribution in [3.8, 4) is 11.5 Å². The smallest absolute Gasteiger partial charge is 0.410 e. The summed E-state index contributed by atoms with van der Waals surface area (Å²) in [4.78, 5) is 16.2. The Hall–Kier alpha value is -3.37. The normalized spacial score (nSPS) is 17.2. The van der Waals surface area contributed by atoms with Crippen molar-refractivity contribution in [2.75, 3.05) is 26.2 Å². The van der Waals surface area contributed by atoms with E-state index in [2.05, 4.69) is 31.1 Å². The van der Waals surface area contributed by atoms with Gasteiger partial charge in [0.05, 0.1) is 22.3 Å². The molecule has 2 aliphatic heterocycles. The third kappa shape index (κ3) is 4.83. The monoisotopic (exact) mass is 554 g/mol. The number of aromatic hydroxyl groups is 2. The number of benzene rings is 2. The Bertz CT molecular complexity index is 1400. The minimum Gasteiger partial charge on any atom is -0.507 e. The van der Waals surface area contributed by atoms with Crippen LogP contribution in [-0.2, 0) is 11.3 Å². The zero-order valence-corrected chi connectivity index (χ0v) is 21.9. The summed E-state index contributed by atoms with van der Waals surface area (Å²) in [6.07, 6.45) is 1.33. The fourth-order valence-corrected chi connectivity index (χ4v) is 4.65. The SMILES string of the molecule is CC(C)(C)OC(=O)N1CCN(Cc2c(O)ccc3c(O)c(C=C4N=Nc5ccc(Br)cc54)oc23)CC1. The van der Waals surface area contributed by atoms with Gasteiger partial charge in [0.1, 0.15) is 16.9 Å². The number of nitrogens with zero attached hydrogens (tertiary/aromatic N) is 4. The first-order valence-corrected chi connectivity index (χ1v) is 12.5. The second-order valence-electron chi connectivity index (χ2n) is 9.89. The minimum atomic E-state index is -0.539. The standard InChI is InChI=1S/C26H27BrN4O5/c1-26(2,3)36-25(34)31-10-8-30(9-11-31)14-18-21(32)7-5-16-23(33)22(35-24(16)18)13-20-17-12-15(27)4-6-19(17)28-29-20/h4-7,12-13,32-33H,8-11,14H2,1-3H3. The van der Waals surface area contributed by atoms with E-state index in [0.717, 1.165) is 15.7 Å². The molecule has 10 heteroatoms. The van der Waals surface area contributed by atoms with Crippen LogP contribution in [-0.4, -0.2) is 57.9 Å². The molecule has 2 N–H and O–H groups in total. The predicted octanol–water partition coefficient (Wildman–Crippen LogP) is 6.25. The van der Waals surface area contributed by atoms with Crippen molar-refractivity contribution < 1.29 is 24.2 Å². The zero-order valence-electron chi connectivity index (χ0n) is 20.3. The van der Waals surface area contributed by atoms with Crippen LogP contribution in [0.2, 0.25) is 0 Å². The first-order valence-electron chi connectivity index (χ1n) is 11.7. The summed E-state index contributed by atoms with van der Waals surface area (Å²) < 4.78 is 12.4. The van der Waals surface area contributed by atoms with Crippen molar-refractivity contribution in [1.29, 1.82) is 0 Å². The Balaban J connectivity index is 1.37. The van der Waals surface area contributed by atoms with E-state index in [4.69, 9.17) is 9.15 Å². The molecule has 9 nitrogen and oxygen atoms in total. The summed E-state index contributed by atoms with van der Waals surface area (Å²) in [7, 11) is 0. The third-order valence-corrected chi connectivity index (χ3v) is 6.60. The van der Waals surface area contributed by atoms with Crippen molar-refractivity contribution in [3.63, 3.8) is 0 Å². The molecule has 0 atom stereocenters. The van der Waals surface area contributed by atoms with Gasteiger partial charge in [-0.3, -0.25) is 4.90 Å². The van der Waals surface area contributed by atoms with Crippen LogP contribution in [0.3, 0.4) is 0 Å². The molecule has 0 bridgehead atoms. The number of carbonyl (C=O) groups is 1. The number of halogens is 1. The van der Waals surface area contributed by atoms with Crippen LogP contribution in [0.1, 0.15) is 37.7 Å². The summed E-state index contributed by atoms with van der Waals surface area (Å²) in [5.74, 6) is 0.306. The van der Waals surface area contributed by atoms with E-state index in [1.54, 1.807) is 23.1 Å². The van der Waals surface area contributed by atoms with Crippen molar-refractivity contribution >= 4 is 50.5 Å². The molecule has 2 aromatic carbocycles. The molecule has 5 rings (SSSR count). The highest BCUT2D eigenvalue weighted by Gasteiger charge is 2.27. The number of furan rings is 1. The Morgan fingerprint density at radius 3 is 2.61 bits per heavy atom. The predicted molar refractivity (Wildman–Crippen MR) is 139 cm³/mol. The van der Waals surface area contributed by atoms with E-state index < -0.39 is 5.60 Å². The molecule has 0 spiro atoms. The molecule has 3 aromatic rings. The van der Waals surface area contributed by atoms with E-state index >= 15 is 0 Å². The van der Waals surface area contributed by atoms with E-state index in [1.165, 1.54) is 0 Å². The summed E-state index contributed by atoms with van der Waals surface area (Å²) in [6.45, 7) is 8.22. The molecular formula is C26H27BrN4O5. The molecule has 1 aromatic heterocycles. The van der Waals surface area contributed by atoms with Gasteiger partial charge in [-0.25, -0.2) is 4.79 Å². The van der Waals surface area contributed by atoms with E-state index in [-0.39, 0.29) is 23.4 Å². The van der Waals surface area contributed by atoms with Gasteiger partial charge in [-0.15, -0.1) is 10.2 Å². The fraction of sp³-hybridized carbons (Fsp3) is 0.346. The highest BCUT2D eigenvalue weighted by atomic mass is 79.9. The highest BCUT2D eigenvalue weighted by molar-refractivity contribution is 9.10. The van der Waals surface area contributed by atoms with Gasteiger partial charge in [-0.2, -0.15) is 0 Å². The number of phenols is 1. The number of ether oxygens (including phenoxy) is 1. The molecule has 1 saturated heterocycles. The van der Waals surface area contributed by atoms with Crippen molar-refractivity contribution in [1.82, 2.24) is 9.80 Å². The minimum absolute atomic E-state index is 0.0212. The van der Waals surface area contributed by atoms with Crippen LogP contribution in [0, 0.1) is 0 Å². The van der Waals surface area contributed by atoms with Gasteiger partial charge in [0.2, 0.25) is 0 Å². The molecule has 3 heterocycles. The number of hydrogen-bond acceptors (Lipinski definition) is 8. The van der Waals surface area contributed by atoms with E-state index in [1.807, 2.05) is 39.0 Å². The van der Waals surface area contributed by atoms with Crippen LogP contribution in [0.5, 0.6) is 11.5 Å². The van der Waals surface area contributed by atoms with Crippen molar-refractivity contribution in [3.05, 3.63) is 51.7 Å². The van der Waals surface area contributed by atoms with Gasteiger partial charge in [0, 0.05) is 48.8 Å². The van der Waals surface area contributed by atoms with Gasteiger partial charge in [0.15, 0.2) is 11.5 Å². The maximum Gasteiger partial charge on any atom is 0.410 e. The largest absolute Gasteiger partial charge is 0.507 e. The van der Waals surface area contributed by atoms with E-state index in [0.29, 0.717) is 55.0 Å². The number of azo groups is 1. The second-order valence-corrected chi connectivity index (χ2v) is 10.8. The quantitative estimate of drug-likeness (QED) is 0.395. The number of rotatable bonds is 3. The van der Waals surface area contributed by atoms with Gasteiger partial charge >= 0.3 is 6.09 Å². The van der Waals surface area contributed by atoms with Crippen LogP contribution in [0.4, 0.5) is 10.5 Å². The number of fused-ring (bicyclic) bond motifs is 2. The summed E-state index contributed by atoms with van der Waals surface area (Å²) in [6, 6.07) is 8.86. The van der Waals surface area contributed by atoms with Crippen molar-refractivity contribution in [2.45, 2.75) is 32.9 Å². The Morgan fingerprint density at radius 1 is 1.14 bits per heavy atom. The number of piperazine rings is 1. The lowest BCUT2D eigenvalue weighted by Gasteiger charge is -2.35. The molecule has 2 aliphatic rings. The summed E-state index contributed by atoms with van der Waals surface area (Å²) in [5, 5.41) is 30.4. The Kier molecular flexibility index (Phi) is 6.25. The number of amides is 1. The first-order chi connectivity index (χ1) is 17.1. The van der Waals surface area contributed by atoms with Crippen molar-refractivity contribution in [2.24, 2.45) is 10.2 Å². The average molecular weight is 555 g/mol. The van der Waals surface area contributed by atoms with Gasteiger partial charge in [-0.1, -0.05) is 15.9 Å². The lowest BCUT2D eigenvalue weighted by molar-refractivity contribution is 0.0138. The number of hydrogen-bond donors (Lipinski definition) is 2. The van der Waals surface area contributed by atoms with Crippen LogP contribution >= 0.6 is 15.9 Å². The zero-order chi connectivity index (χ0) is 25.6. The summed E-state index contributed by atoms with van der Waals surface area (Å²) >= 11 is 3.46. The van der Waals surface area contributed by atoms with Crippen LogP contribution in [0.25, 0.3) is 22.7 Å². The van der Waals surface area contributed by atoms with Gasteiger partial charge < -0.3 is 24.3 Å². The molecule has 1 amide bonds. The first kappa shape index (κ1) is 24.3. The number of phenolic OH excluding ortho intramolecular Hbond substituents is 1. The van der Waals surface area contributed by atoms with Gasteiger partial charge in [0.25, 0.3) is 0 Å². The lowest BCUT2D eigenvalue weighted by atomic mass is 10.1. The maximum absolute atomic E-state index is 12.4. The summed E-state index contributed by atoms with van der Waals surface area (Å²) in [5.41, 5.74) is 2.60. The Morgan fingerprint density at radius 2 is 1.89 bits per heavy atom. The lowest BCUT2D eigenvalue weighted by Crippen LogP contribution is -2.49. The van der Waals surface area contributed by atoms with Crippen LogP contribution < -0.4 is 0 Å². The molecule has 0 unspecified atom stereocenters. The third-order valence-electron chi connectivity index (χ3n) is 6.11.